The summed E-state index contributed by atoms with van der Waals surface area (Å²) in [5.41, 5.74) is 0.851. The normalized spacial score (nSPS) is 23.0. The van der Waals surface area contributed by atoms with Gasteiger partial charge in [0.1, 0.15) is 0 Å². The van der Waals surface area contributed by atoms with Crippen LogP contribution < -0.4 is 5.32 Å². The molecule has 2 N–H and O–H groups in total. The highest BCUT2D eigenvalue weighted by molar-refractivity contribution is 7.99. The predicted molar refractivity (Wildman–Crippen MR) is 72.8 cm³/mol. The number of hydrogen-bond acceptors (Lipinski definition) is 4. The van der Waals surface area contributed by atoms with Crippen molar-refractivity contribution in [2.24, 2.45) is 0 Å². The standard InChI is InChI=1S/C13H18N2O2S/c1-2-10-7-14-5-3-11(10)12(16)15-8-13(17)4-6-18-9-13/h3,5,7,17H,2,4,6,8-9H2,1H3,(H,15,16). The van der Waals surface area contributed by atoms with Crippen molar-refractivity contribution in [3.8, 4) is 0 Å². The molecule has 2 rings (SSSR count). The molecular formula is C13H18N2O2S. The quantitative estimate of drug-likeness (QED) is 0.861. The first kappa shape index (κ1) is 13.4. The Balaban J connectivity index is 1.99. The van der Waals surface area contributed by atoms with Gasteiger partial charge in [0.25, 0.3) is 5.91 Å². The third kappa shape index (κ3) is 3.03. The Kier molecular flexibility index (Phi) is 4.24. The molecule has 1 fully saturated rings. The van der Waals surface area contributed by atoms with E-state index in [-0.39, 0.29) is 5.91 Å². The number of hydrogen-bond donors (Lipinski definition) is 2. The Morgan fingerprint density at radius 1 is 1.67 bits per heavy atom. The number of carbonyl (C=O) groups is 1. The van der Waals surface area contributed by atoms with E-state index >= 15 is 0 Å². The SMILES string of the molecule is CCc1cnccc1C(=O)NCC1(O)CCSC1. The van der Waals surface area contributed by atoms with Gasteiger partial charge in [-0.25, -0.2) is 0 Å². The number of carbonyl (C=O) groups excluding carboxylic acids is 1. The van der Waals surface area contributed by atoms with Crippen molar-refractivity contribution in [3.63, 3.8) is 0 Å². The van der Waals surface area contributed by atoms with Gasteiger partial charge in [-0.3, -0.25) is 9.78 Å². The Morgan fingerprint density at radius 3 is 3.17 bits per heavy atom. The van der Waals surface area contributed by atoms with Gasteiger partial charge in [-0.15, -0.1) is 0 Å². The number of rotatable bonds is 4. The van der Waals surface area contributed by atoms with E-state index in [0.29, 0.717) is 17.9 Å². The van der Waals surface area contributed by atoms with E-state index in [1.165, 1.54) is 0 Å². The molecule has 0 aliphatic carbocycles. The lowest BCUT2D eigenvalue weighted by Gasteiger charge is -2.21. The fourth-order valence-electron chi connectivity index (χ4n) is 2.01. The Morgan fingerprint density at radius 2 is 2.50 bits per heavy atom. The van der Waals surface area contributed by atoms with Crippen molar-refractivity contribution < 1.29 is 9.90 Å². The Hall–Kier alpha value is -1.07. The van der Waals surface area contributed by atoms with E-state index in [9.17, 15) is 9.90 Å². The number of aliphatic hydroxyl groups is 1. The van der Waals surface area contributed by atoms with Crippen LogP contribution in [0.4, 0.5) is 0 Å². The number of thioether (sulfide) groups is 1. The number of aryl methyl sites for hydroxylation is 1. The summed E-state index contributed by atoms with van der Waals surface area (Å²) in [7, 11) is 0. The average molecular weight is 266 g/mol. The maximum Gasteiger partial charge on any atom is 0.251 e. The number of nitrogens with one attached hydrogen (secondary N) is 1. The van der Waals surface area contributed by atoms with E-state index in [1.807, 2.05) is 6.92 Å². The van der Waals surface area contributed by atoms with Gasteiger partial charge in [-0.05, 0) is 30.2 Å². The lowest BCUT2D eigenvalue weighted by Crippen LogP contribution is -2.43. The molecule has 0 spiro atoms. The summed E-state index contributed by atoms with van der Waals surface area (Å²) in [6.45, 7) is 2.32. The molecule has 0 bridgehead atoms. The van der Waals surface area contributed by atoms with Crippen LogP contribution in [0.5, 0.6) is 0 Å². The first-order valence-corrected chi connectivity index (χ1v) is 7.31. The van der Waals surface area contributed by atoms with Crippen LogP contribution in [0.1, 0.15) is 29.3 Å². The molecule has 1 saturated heterocycles. The second kappa shape index (κ2) is 5.71. The van der Waals surface area contributed by atoms with Crippen LogP contribution in [0, 0.1) is 0 Å². The molecule has 1 aliphatic heterocycles. The maximum absolute atomic E-state index is 12.1. The van der Waals surface area contributed by atoms with Crippen molar-refractivity contribution in [2.75, 3.05) is 18.1 Å². The zero-order valence-corrected chi connectivity index (χ0v) is 11.3. The summed E-state index contributed by atoms with van der Waals surface area (Å²) in [4.78, 5) is 16.1. The van der Waals surface area contributed by atoms with Crippen LogP contribution >= 0.6 is 11.8 Å². The molecule has 1 amide bonds. The van der Waals surface area contributed by atoms with Gasteiger partial charge in [-0.1, -0.05) is 6.92 Å². The first-order chi connectivity index (χ1) is 8.64. The van der Waals surface area contributed by atoms with Crippen molar-refractivity contribution in [1.29, 1.82) is 0 Å². The fraction of sp³-hybridized carbons (Fsp3) is 0.538. The molecule has 1 atom stereocenters. The molecule has 0 radical (unpaired) electrons. The molecule has 0 saturated carbocycles. The maximum atomic E-state index is 12.1. The van der Waals surface area contributed by atoms with Gasteiger partial charge in [-0.2, -0.15) is 11.8 Å². The lowest BCUT2D eigenvalue weighted by molar-refractivity contribution is 0.0612. The molecule has 5 heteroatoms. The highest BCUT2D eigenvalue weighted by atomic mass is 32.2. The minimum Gasteiger partial charge on any atom is -0.387 e. The van der Waals surface area contributed by atoms with Gasteiger partial charge in [0.05, 0.1) is 5.60 Å². The van der Waals surface area contributed by atoms with E-state index in [1.54, 1.807) is 30.2 Å². The smallest absolute Gasteiger partial charge is 0.251 e. The predicted octanol–water partition coefficient (Wildman–Crippen LogP) is 1.24. The number of nitrogens with zero attached hydrogens (tertiary/aromatic N) is 1. The van der Waals surface area contributed by atoms with Crippen molar-refractivity contribution in [1.82, 2.24) is 10.3 Å². The third-order valence-electron chi connectivity index (χ3n) is 3.19. The number of amides is 1. The van der Waals surface area contributed by atoms with Crippen molar-refractivity contribution in [2.45, 2.75) is 25.4 Å². The monoisotopic (exact) mass is 266 g/mol. The van der Waals surface area contributed by atoms with Gasteiger partial charge in [0.2, 0.25) is 0 Å². The summed E-state index contributed by atoms with van der Waals surface area (Å²) in [5, 5.41) is 13.0. The highest BCUT2D eigenvalue weighted by Crippen LogP contribution is 2.27. The van der Waals surface area contributed by atoms with Crippen molar-refractivity contribution in [3.05, 3.63) is 29.6 Å². The molecule has 1 aromatic heterocycles. The zero-order chi connectivity index (χ0) is 13.0. The van der Waals surface area contributed by atoms with Crippen LogP contribution in [0.25, 0.3) is 0 Å². The van der Waals surface area contributed by atoms with Crippen LogP contribution in [0.2, 0.25) is 0 Å². The van der Waals surface area contributed by atoms with Crippen LogP contribution in [-0.2, 0) is 6.42 Å². The molecule has 1 aliphatic rings. The summed E-state index contributed by atoms with van der Waals surface area (Å²) >= 11 is 1.72. The molecule has 98 valence electrons. The molecular weight excluding hydrogens is 248 g/mol. The van der Waals surface area contributed by atoms with E-state index in [4.69, 9.17) is 0 Å². The van der Waals surface area contributed by atoms with Crippen LogP contribution in [-0.4, -0.2) is 39.6 Å². The minimum atomic E-state index is -0.736. The topological polar surface area (TPSA) is 62.2 Å². The van der Waals surface area contributed by atoms with E-state index in [2.05, 4.69) is 10.3 Å². The fourth-order valence-corrected chi connectivity index (χ4v) is 3.30. The molecule has 1 aromatic rings. The van der Waals surface area contributed by atoms with Crippen LogP contribution in [0.3, 0.4) is 0 Å². The van der Waals surface area contributed by atoms with Gasteiger partial charge in [0.15, 0.2) is 0 Å². The average Bonchev–Trinajstić information content (AvgIpc) is 2.83. The molecule has 18 heavy (non-hydrogen) atoms. The van der Waals surface area contributed by atoms with Gasteiger partial charge < -0.3 is 10.4 Å². The van der Waals surface area contributed by atoms with Gasteiger partial charge >= 0.3 is 0 Å². The van der Waals surface area contributed by atoms with Crippen LogP contribution in [0.15, 0.2) is 18.5 Å². The third-order valence-corrected chi connectivity index (χ3v) is 4.42. The molecule has 1 unspecified atom stereocenters. The Labute approximate surface area is 111 Å². The molecule has 4 nitrogen and oxygen atoms in total. The van der Waals surface area contributed by atoms with E-state index < -0.39 is 5.60 Å². The van der Waals surface area contributed by atoms with Crippen molar-refractivity contribution >= 4 is 17.7 Å². The number of aromatic nitrogens is 1. The second-order valence-corrected chi connectivity index (χ2v) is 5.70. The summed E-state index contributed by atoms with van der Waals surface area (Å²) in [5.74, 6) is 1.53. The largest absolute Gasteiger partial charge is 0.387 e. The summed E-state index contributed by atoms with van der Waals surface area (Å²) in [6.07, 6.45) is 4.86. The van der Waals surface area contributed by atoms with Gasteiger partial charge in [0, 0.05) is 30.3 Å². The van der Waals surface area contributed by atoms with E-state index in [0.717, 1.165) is 24.2 Å². The molecule has 0 aromatic carbocycles. The highest BCUT2D eigenvalue weighted by Gasteiger charge is 2.32. The Bertz CT molecular complexity index is 431. The summed E-state index contributed by atoms with van der Waals surface area (Å²) in [6, 6.07) is 1.72. The lowest BCUT2D eigenvalue weighted by atomic mass is 10.0. The first-order valence-electron chi connectivity index (χ1n) is 6.16. The zero-order valence-electron chi connectivity index (χ0n) is 10.5. The minimum absolute atomic E-state index is 0.125. The molecule has 2 heterocycles. The number of pyridine rings is 1. The second-order valence-electron chi connectivity index (χ2n) is 4.60. The summed E-state index contributed by atoms with van der Waals surface area (Å²) < 4.78 is 0.